The number of halogens is 1. The Hall–Kier alpha value is -2.01. The lowest BCUT2D eigenvalue weighted by atomic mass is 9.92. The number of hydrogen-bond donors (Lipinski definition) is 1. The zero-order chi connectivity index (χ0) is 13.2. The van der Waals surface area contributed by atoms with Gasteiger partial charge >= 0.3 is 0 Å². The lowest BCUT2D eigenvalue weighted by molar-refractivity contribution is 0.0889. The second-order valence-electron chi connectivity index (χ2n) is 3.97. The Balaban J connectivity index is 2.58. The maximum absolute atomic E-state index is 13.8. The van der Waals surface area contributed by atoms with Crippen molar-refractivity contribution in [2.24, 2.45) is 0 Å². The Bertz CT molecular complexity index is 558. The molecule has 0 aliphatic carbocycles. The van der Waals surface area contributed by atoms with Crippen LogP contribution < -0.4 is 4.74 Å². The van der Waals surface area contributed by atoms with Crippen molar-refractivity contribution >= 4 is 0 Å². The van der Waals surface area contributed by atoms with Crippen molar-refractivity contribution in [2.75, 3.05) is 7.11 Å². The number of hydrogen-bond acceptors (Lipinski definition) is 4. The number of rotatable bonds is 3. The number of nitrogens with zero attached hydrogens (tertiary/aromatic N) is 2. The van der Waals surface area contributed by atoms with Gasteiger partial charge in [-0.15, -0.1) is 0 Å². The second kappa shape index (κ2) is 4.70. The highest BCUT2D eigenvalue weighted by atomic mass is 19.1. The van der Waals surface area contributed by atoms with Crippen LogP contribution in [0.3, 0.4) is 0 Å². The molecule has 94 valence electrons. The van der Waals surface area contributed by atoms with E-state index in [4.69, 9.17) is 4.74 Å². The van der Waals surface area contributed by atoms with Crippen molar-refractivity contribution in [3.05, 3.63) is 53.7 Å². The molecule has 18 heavy (non-hydrogen) atoms. The van der Waals surface area contributed by atoms with Gasteiger partial charge in [-0.2, -0.15) is 0 Å². The van der Waals surface area contributed by atoms with E-state index in [1.807, 2.05) is 0 Å². The minimum Gasteiger partial charge on any atom is -0.480 e. The average Bonchev–Trinajstić information content (AvgIpc) is 2.39. The molecule has 0 aliphatic heterocycles. The maximum Gasteiger partial charge on any atom is 0.238 e. The van der Waals surface area contributed by atoms with Crippen LogP contribution in [-0.2, 0) is 5.60 Å². The van der Waals surface area contributed by atoms with Crippen LogP contribution in [0.4, 0.5) is 4.39 Å². The quantitative estimate of drug-likeness (QED) is 0.901. The van der Waals surface area contributed by atoms with Gasteiger partial charge in [0.2, 0.25) is 5.88 Å². The third-order valence-corrected chi connectivity index (χ3v) is 2.72. The lowest BCUT2D eigenvalue weighted by Crippen LogP contribution is -2.26. The molecular formula is C13H13FN2O2. The van der Waals surface area contributed by atoms with Crippen LogP contribution in [0.2, 0.25) is 0 Å². The molecule has 1 atom stereocenters. The summed E-state index contributed by atoms with van der Waals surface area (Å²) in [6.45, 7) is 1.46. The summed E-state index contributed by atoms with van der Waals surface area (Å²) in [4.78, 5) is 7.99. The van der Waals surface area contributed by atoms with Gasteiger partial charge in [-0.25, -0.2) is 9.37 Å². The first-order chi connectivity index (χ1) is 8.57. The van der Waals surface area contributed by atoms with Crippen molar-refractivity contribution in [3.63, 3.8) is 0 Å². The Kier molecular flexibility index (Phi) is 3.25. The van der Waals surface area contributed by atoms with E-state index < -0.39 is 11.4 Å². The molecule has 0 spiro atoms. The molecule has 1 N–H and O–H groups in total. The Morgan fingerprint density at radius 2 is 1.89 bits per heavy atom. The molecule has 0 aliphatic rings. The molecule has 2 rings (SSSR count). The van der Waals surface area contributed by atoms with E-state index >= 15 is 0 Å². The molecule has 0 saturated heterocycles. The molecular weight excluding hydrogens is 235 g/mol. The molecule has 1 heterocycles. The summed E-state index contributed by atoms with van der Waals surface area (Å²) in [7, 11) is 1.42. The van der Waals surface area contributed by atoms with E-state index in [1.54, 1.807) is 12.1 Å². The normalized spacial score (nSPS) is 14.0. The Labute approximate surface area is 104 Å². The van der Waals surface area contributed by atoms with E-state index in [0.717, 1.165) is 0 Å². The molecule has 4 nitrogen and oxygen atoms in total. The highest BCUT2D eigenvalue weighted by molar-refractivity contribution is 5.36. The summed E-state index contributed by atoms with van der Waals surface area (Å²) < 4.78 is 18.8. The Morgan fingerprint density at radius 3 is 2.56 bits per heavy atom. The van der Waals surface area contributed by atoms with Gasteiger partial charge < -0.3 is 9.84 Å². The van der Waals surface area contributed by atoms with Crippen molar-refractivity contribution in [1.82, 2.24) is 9.97 Å². The standard InChI is InChI=1S/C13H13FN2O2/c1-13(17,9-5-3-4-6-10(9)14)11-12(18-2)16-8-7-15-11/h3-8,17H,1-2H3. The molecule has 2 aromatic rings. The highest BCUT2D eigenvalue weighted by Crippen LogP contribution is 2.33. The first-order valence-corrected chi connectivity index (χ1v) is 5.40. The molecule has 1 aromatic carbocycles. The number of benzene rings is 1. The summed E-state index contributed by atoms with van der Waals surface area (Å²) in [6.07, 6.45) is 2.87. The fourth-order valence-electron chi connectivity index (χ4n) is 1.79. The molecule has 0 saturated carbocycles. The van der Waals surface area contributed by atoms with Crippen molar-refractivity contribution < 1.29 is 14.2 Å². The zero-order valence-electron chi connectivity index (χ0n) is 10.1. The zero-order valence-corrected chi connectivity index (χ0v) is 10.1. The smallest absolute Gasteiger partial charge is 0.238 e. The van der Waals surface area contributed by atoms with E-state index in [9.17, 15) is 9.50 Å². The van der Waals surface area contributed by atoms with E-state index in [-0.39, 0.29) is 17.1 Å². The minimum atomic E-state index is -1.61. The summed E-state index contributed by atoms with van der Waals surface area (Å²) in [6, 6.07) is 5.99. The first-order valence-electron chi connectivity index (χ1n) is 5.40. The van der Waals surface area contributed by atoms with Crippen molar-refractivity contribution in [1.29, 1.82) is 0 Å². The number of methoxy groups -OCH3 is 1. The predicted octanol–water partition coefficient (Wildman–Crippen LogP) is 1.88. The highest BCUT2D eigenvalue weighted by Gasteiger charge is 2.33. The number of ether oxygens (including phenoxy) is 1. The van der Waals surface area contributed by atoms with Gasteiger partial charge in [0.1, 0.15) is 17.1 Å². The van der Waals surface area contributed by atoms with Crippen molar-refractivity contribution in [3.8, 4) is 5.88 Å². The van der Waals surface area contributed by atoms with Crippen LogP contribution in [0.5, 0.6) is 5.88 Å². The van der Waals surface area contributed by atoms with Crippen LogP contribution in [0, 0.1) is 5.82 Å². The largest absolute Gasteiger partial charge is 0.480 e. The third-order valence-electron chi connectivity index (χ3n) is 2.72. The van der Waals surface area contributed by atoms with Gasteiger partial charge in [-0.05, 0) is 13.0 Å². The SMILES string of the molecule is COc1nccnc1C(C)(O)c1ccccc1F. The molecule has 1 unspecified atom stereocenters. The fraction of sp³-hybridized carbons (Fsp3) is 0.231. The Morgan fingerprint density at radius 1 is 1.22 bits per heavy atom. The summed E-state index contributed by atoms with van der Waals surface area (Å²) in [5.41, 5.74) is -1.30. The van der Waals surface area contributed by atoms with Gasteiger partial charge in [-0.3, -0.25) is 4.98 Å². The molecule has 1 aromatic heterocycles. The third kappa shape index (κ3) is 2.04. The lowest BCUT2D eigenvalue weighted by Gasteiger charge is -2.24. The van der Waals surface area contributed by atoms with Gasteiger partial charge in [0.05, 0.1) is 7.11 Å². The monoisotopic (exact) mass is 248 g/mol. The van der Waals surface area contributed by atoms with Crippen LogP contribution >= 0.6 is 0 Å². The van der Waals surface area contributed by atoms with Crippen molar-refractivity contribution in [2.45, 2.75) is 12.5 Å². The van der Waals surface area contributed by atoms with Crippen LogP contribution in [0.25, 0.3) is 0 Å². The summed E-state index contributed by atoms with van der Waals surface area (Å²) >= 11 is 0. The van der Waals surface area contributed by atoms with Gasteiger partial charge in [0, 0.05) is 18.0 Å². The van der Waals surface area contributed by atoms with Crippen LogP contribution in [0.15, 0.2) is 36.7 Å². The average molecular weight is 248 g/mol. The molecule has 0 bridgehead atoms. The van der Waals surface area contributed by atoms with Gasteiger partial charge in [0.25, 0.3) is 0 Å². The van der Waals surface area contributed by atoms with E-state index in [0.29, 0.717) is 0 Å². The predicted molar refractivity (Wildman–Crippen MR) is 63.7 cm³/mol. The van der Waals surface area contributed by atoms with E-state index in [2.05, 4.69) is 9.97 Å². The summed E-state index contributed by atoms with van der Waals surface area (Å²) in [5, 5.41) is 10.5. The van der Waals surface area contributed by atoms with E-state index in [1.165, 1.54) is 38.6 Å². The van der Waals surface area contributed by atoms with Crippen LogP contribution in [-0.4, -0.2) is 22.2 Å². The number of aromatic nitrogens is 2. The molecule has 0 amide bonds. The van der Waals surface area contributed by atoms with Crippen LogP contribution in [0.1, 0.15) is 18.2 Å². The molecule has 0 radical (unpaired) electrons. The molecule has 5 heteroatoms. The van der Waals surface area contributed by atoms with Gasteiger partial charge in [-0.1, -0.05) is 18.2 Å². The number of aliphatic hydroxyl groups is 1. The fourth-order valence-corrected chi connectivity index (χ4v) is 1.79. The first kappa shape index (κ1) is 12.4. The summed E-state index contributed by atoms with van der Waals surface area (Å²) in [5.74, 6) is -0.332. The maximum atomic E-state index is 13.8. The topological polar surface area (TPSA) is 55.2 Å². The molecule has 0 fully saturated rings. The minimum absolute atomic E-state index is 0.129. The second-order valence-corrected chi connectivity index (χ2v) is 3.97. The van der Waals surface area contributed by atoms with Gasteiger partial charge in [0.15, 0.2) is 0 Å².